The number of nitrogens with one attached hydrogen (secondary N) is 2. The molecule has 2 N–H and O–H groups in total. The van der Waals surface area contributed by atoms with Gasteiger partial charge in [0.1, 0.15) is 11.5 Å². The molecule has 6 heteroatoms. The van der Waals surface area contributed by atoms with Gasteiger partial charge < -0.3 is 20.1 Å². The molecule has 27 heavy (non-hydrogen) atoms. The zero-order chi connectivity index (χ0) is 19.1. The van der Waals surface area contributed by atoms with Gasteiger partial charge in [0, 0.05) is 12.5 Å². The lowest BCUT2D eigenvalue weighted by Gasteiger charge is -2.28. The topological polar surface area (TPSA) is 72.5 Å². The van der Waals surface area contributed by atoms with E-state index in [1.807, 2.05) is 24.3 Å². The van der Waals surface area contributed by atoms with Crippen molar-refractivity contribution in [1.82, 2.24) is 10.3 Å². The van der Waals surface area contributed by atoms with Gasteiger partial charge in [-0.15, -0.1) is 0 Å². The van der Waals surface area contributed by atoms with Crippen molar-refractivity contribution in [2.45, 2.75) is 26.2 Å². The molecule has 0 aliphatic carbocycles. The van der Waals surface area contributed by atoms with Crippen LogP contribution in [0.2, 0.25) is 0 Å². The number of amides is 1. The summed E-state index contributed by atoms with van der Waals surface area (Å²) in [5, 5.41) is 6.33. The van der Waals surface area contributed by atoms with Crippen LogP contribution < -0.4 is 20.1 Å². The largest absolute Gasteiger partial charge is 0.497 e. The SMILES string of the molecule is COc1ccc(Oc2ccc(NC(=O)CC(C)C3CCCNC3)cn2)cc1. The molecule has 6 nitrogen and oxygen atoms in total. The Bertz CT molecular complexity index is 725. The number of piperidine rings is 1. The van der Waals surface area contributed by atoms with Gasteiger partial charge in [0.2, 0.25) is 11.8 Å². The molecule has 1 aliphatic rings. The monoisotopic (exact) mass is 369 g/mol. The van der Waals surface area contributed by atoms with Gasteiger partial charge in [0.25, 0.3) is 0 Å². The van der Waals surface area contributed by atoms with Crippen molar-refractivity contribution in [2.24, 2.45) is 11.8 Å². The molecule has 0 bridgehead atoms. The molecule has 1 aromatic carbocycles. The maximum absolute atomic E-state index is 12.3. The zero-order valence-electron chi connectivity index (χ0n) is 15.9. The third-order valence-corrected chi connectivity index (χ3v) is 4.95. The maximum Gasteiger partial charge on any atom is 0.224 e. The van der Waals surface area contributed by atoms with Crippen LogP contribution in [0.4, 0.5) is 5.69 Å². The molecule has 2 unspecified atom stereocenters. The fraction of sp³-hybridized carbons (Fsp3) is 0.429. The van der Waals surface area contributed by atoms with Gasteiger partial charge in [-0.05, 0) is 68.1 Å². The summed E-state index contributed by atoms with van der Waals surface area (Å²) in [5.41, 5.74) is 0.677. The molecule has 1 amide bonds. The molecule has 1 fully saturated rings. The predicted molar refractivity (Wildman–Crippen MR) is 105 cm³/mol. The Morgan fingerprint density at radius 1 is 1.26 bits per heavy atom. The fourth-order valence-electron chi connectivity index (χ4n) is 3.31. The molecule has 2 heterocycles. The minimum Gasteiger partial charge on any atom is -0.497 e. The van der Waals surface area contributed by atoms with Gasteiger partial charge >= 0.3 is 0 Å². The molecular weight excluding hydrogens is 342 g/mol. The highest BCUT2D eigenvalue weighted by Crippen LogP contribution is 2.24. The van der Waals surface area contributed by atoms with Gasteiger partial charge in [0.15, 0.2) is 0 Å². The summed E-state index contributed by atoms with van der Waals surface area (Å²) in [5.74, 6) is 2.88. The van der Waals surface area contributed by atoms with Crippen LogP contribution in [0, 0.1) is 11.8 Å². The summed E-state index contributed by atoms with van der Waals surface area (Å²) in [6.07, 6.45) is 4.52. The number of hydrogen-bond donors (Lipinski definition) is 2. The molecule has 1 aliphatic heterocycles. The second-order valence-corrected chi connectivity index (χ2v) is 7.00. The van der Waals surface area contributed by atoms with E-state index in [0.29, 0.717) is 35.6 Å². The molecule has 0 spiro atoms. The van der Waals surface area contributed by atoms with Gasteiger partial charge in [-0.3, -0.25) is 4.79 Å². The standard InChI is InChI=1S/C21H27N3O3/c1-15(16-4-3-11-22-13-16)12-20(25)24-17-5-10-21(23-14-17)27-19-8-6-18(26-2)7-9-19/h5-10,14-16,22H,3-4,11-13H2,1-2H3,(H,24,25). The summed E-state index contributed by atoms with van der Waals surface area (Å²) >= 11 is 0. The Hall–Kier alpha value is -2.60. The van der Waals surface area contributed by atoms with Crippen molar-refractivity contribution < 1.29 is 14.3 Å². The second-order valence-electron chi connectivity index (χ2n) is 7.00. The lowest BCUT2D eigenvalue weighted by molar-refractivity contribution is -0.117. The number of carbonyl (C=O) groups excluding carboxylic acids is 1. The van der Waals surface area contributed by atoms with Crippen molar-refractivity contribution in [2.75, 3.05) is 25.5 Å². The Labute approximate surface area is 160 Å². The van der Waals surface area contributed by atoms with Crippen LogP contribution in [0.5, 0.6) is 17.4 Å². The van der Waals surface area contributed by atoms with E-state index in [0.717, 1.165) is 18.8 Å². The third kappa shape index (κ3) is 5.69. The van der Waals surface area contributed by atoms with E-state index in [2.05, 4.69) is 22.5 Å². The van der Waals surface area contributed by atoms with Crippen LogP contribution in [0.3, 0.4) is 0 Å². The zero-order valence-corrected chi connectivity index (χ0v) is 15.9. The molecule has 0 radical (unpaired) electrons. The number of rotatable bonds is 7. The van der Waals surface area contributed by atoms with Crippen molar-refractivity contribution in [3.05, 3.63) is 42.6 Å². The van der Waals surface area contributed by atoms with E-state index >= 15 is 0 Å². The molecule has 0 saturated carbocycles. The first-order chi connectivity index (χ1) is 13.1. The molecular formula is C21H27N3O3. The van der Waals surface area contributed by atoms with E-state index in [1.165, 1.54) is 12.8 Å². The number of aromatic nitrogens is 1. The Morgan fingerprint density at radius 3 is 2.67 bits per heavy atom. The first-order valence-corrected chi connectivity index (χ1v) is 9.42. The summed E-state index contributed by atoms with van der Waals surface area (Å²) in [6, 6.07) is 10.8. The van der Waals surface area contributed by atoms with Crippen molar-refractivity contribution in [3.8, 4) is 17.4 Å². The first-order valence-electron chi connectivity index (χ1n) is 9.42. The highest BCUT2D eigenvalue weighted by Gasteiger charge is 2.22. The minimum absolute atomic E-state index is 0.0266. The quantitative estimate of drug-likeness (QED) is 0.776. The average Bonchev–Trinajstić information content (AvgIpc) is 2.70. The van der Waals surface area contributed by atoms with Crippen LogP contribution in [0.25, 0.3) is 0 Å². The number of benzene rings is 1. The third-order valence-electron chi connectivity index (χ3n) is 4.95. The minimum atomic E-state index is 0.0266. The van der Waals surface area contributed by atoms with Gasteiger partial charge in [-0.1, -0.05) is 6.92 Å². The number of carbonyl (C=O) groups is 1. The van der Waals surface area contributed by atoms with E-state index in [4.69, 9.17) is 9.47 Å². The molecule has 2 aromatic rings. The molecule has 144 valence electrons. The molecule has 1 saturated heterocycles. The van der Waals surface area contributed by atoms with Crippen molar-refractivity contribution >= 4 is 11.6 Å². The summed E-state index contributed by atoms with van der Waals surface area (Å²) in [6.45, 7) is 4.25. The normalized spacial score (nSPS) is 17.8. The number of anilines is 1. The number of hydrogen-bond acceptors (Lipinski definition) is 5. The van der Waals surface area contributed by atoms with Crippen molar-refractivity contribution in [3.63, 3.8) is 0 Å². The van der Waals surface area contributed by atoms with Gasteiger partial charge in [-0.2, -0.15) is 0 Å². The van der Waals surface area contributed by atoms with Gasteiger partial charge in [0.05, 0.1) is 19.0 Å². The van der Waals surface area contributed by atoms with Crippen molar-refractivity contribution in [1.29, 1.82) is 0 Å². The number of methoxy groups -OCH3 is 1. The number of ether oxygens (including phenoxy) is 2. The van der Waals surface area contributed by atoms with E-state index in [1.54, 1.807) is 25.4 Å². The van der Waals surface area contributed by atoms with Crippen LogP contribution in [-0.2, 0) is 4.79 Å². The summed E-state index contributed by atoms with van der Waals surface area (Å²) in [7, 11) is 1.62. The maximum atomic E-state index is 12.3. The fourth-order valence-corrected chi connectivity index (χ4v) is 3.31. The first kappa shape index (κ1) is 19.2. The molecule has 2 atom stereocenters. The van der Waals surface area contributed by atoms with Gasteiger partial charge in [-0.25, -0.2) is 4.98 Å². The Kier molecular flexibility index (Phi) is 6.65. The highest BCUT2D eigenvalue weighted by molar-refractivity contribution is 5.90. The lowest BCUT2D eigenvalue weighted by atomic mass is 9.85. The Balaban J connectivity index is 1.49. The van der Waals surface area contributed by atoms with Crippen LogP contribution >= 0.6 is 0 Å². The highest BCUT2D eigenvalue weighted by atomic mass is 16.5. The number of pyridine rings is 1. The van der Waals surface area contributed by atoms with E-state index in [9.17, 15) is 4.79 Å². The average molecular weight is 369 g/mol. The second kappa shape index (κ2) is 9.37. The van der Waals surface area contributed by atoms with Crippen LogP contribution in [-0.4, -0.2) is 31.1 Å². The Morgan fingerprint density at radius 2 is 2.04 bits per heavy atom. The summed E-state index contributed by atoms with van der Waals surface area (Å²) < 4.78 is 10.8. The smallest absolute Gasteiger partial charge is 0.224 e. The number of nitrogens with zero attached hydrogens (tertiary/aromatic N) is 1. The molecule has 3 rings (SSSR count). The predicted octanol–water partition coefficient (Wildman–Crippen LogP) is 3.85. The van der Waals surface area contributed by atoms with Crippen LogP contribution in [0.15, 0.2) is 42.6 Å². The van der Waals surface area contributed by atoms with E-state index in [-0.39, 0.29) is 5.91 Å². The van der Waals surface area contributed by atoms with E-state index < -0.39 is 0 Å². The summed E-state index contributed by atoms with van der Waals surface area (Å²) in [4.78, 5) is 16.6. The van der Waals surface area contributed by atoms with Crippen LogP contribution in [0.1, 0.15) is 26.2 Å². The molecule has 1 aromatic heterocycles. The lowest BCUT2D eigenvalue weighted by Crippen LogP contribution is -2.34.